The minimum Gasteiger partial charge on any atom is -0.468 e. The number of rotatable bonds is 2. The molecule has 1 aliphatic rings. The molecule has 0 saturated carbocycles. The fraction of sp³-hybridized carbons (Fsp3) is 0.643. The number of methoxy groups -OCH3 is 1. The highest BCUT2D eigenvalue weighted by atomic mass is 16.5. The summed E-state index contributed by atoms with van der Waals surface area (Å²) in [6.07, 6.45) is 1.95. The van der Waals surface area contributed by atoms with Gasteiger partial charge in [-0.05, 0) is 36.8 Å². The lowest BCUT2D eigenvalue weighted by Crippen LogP contribution is -2.31. The molecule has 18 heavy (non-hydrogen) atoms. The number of carbonyl (C=O) groups excluding carboxylic acids is 1. The number of aromatic nitrogens is 1. The molecule has 100 valence electrons. The Morgan fingerprint density at radius 3 is 2.89 bits per heavy atom. The number of nitrogens with two attached hydrogens (primary N) is 1. The van der Waals surface area contributed by atoms with Crippen molar-refractivity contribution in [1.29, 1.82) is 0 Å². The molecule has 1 unspecified atom stereocenters. The first-order chi connectivity index (χ1) is 8.34. The summed E-state index contributed by atoms with van der Waals surface area (Å²) in [6.45, 7) is 6.74. The third-order valence-electron chi connectivity index (χ3n) is 3.78. The lowest BCUT2D eigenvalue weighted by Gasteiger charge is -2.34. The van der Waals surface area contributed by atoms with Crippen LogP contribution in [0.15, 0.2) is 6.07 Å². The van der Waals surface area contributed by atoms with E-state index < -0.39 is 0 Å². The van der Waals surface area contributed by atoms with Crippen LogP contribution in [0.4, 0.5) is 0 Å². The summed E-state index contributed by atoms with van der Waals surface area (Å²) >= 11 is 0. The predicted octanol–water partition coefficient (Wildman–Crippen LogP) is 1.94. The van der Waals surface area contributed by atoms with Crippen molar-refractivity contribution in [2.24, 2.45) is 11.1 Å². The van der Waals surface area contributed by atoms with E-state index in [0.717, 1.165) is 18.5 Å². The van der Waals surface area contributed by atoms with E-state index in [1.54, 1.807) is 0 Å². The van der Waals surface area contributed by atoms with Crippen LogP contribution in [0.1, 0.15) is 43.3 Å². The molecular formula is C14H22N2O2. The van der Waals surface area contributed by atoms with Gasteiger partial charge in [0.2, 0.25) is 0 Å². The molecule has 0 spiro atoms. The smallest absolute Gasteiger partial charge is 0.325 e. The number of ether oxygens (including phenoxy) is 1. The third kappa shape index (κ3) is 2.29. The summed E-state index contributed by atoms with van der Waals surface area (Å²) in [6, 6.07) is 2.18. The summed E-state index contributed by atoms with van der Waals surface area (Å²) in [5, 5.41) is 0. The maximum Gasteiger partial charge on any atom is 0.325 e. The molecule has 0 saturated heterocycles. The first-order valence-electron chi connectivity index (χ1n) is 6.35. The number of hydrogen-bond donors (Lipinski definition) is 1. The number of aryl methyl sites for hydroxylation is 1. The quantitative estimate of drug-likeness (QED) is 0.816. The van der Waals surface area contributed by atoms with Gasteiger partial charge in [0.1, 0.15) is 6.54 Å². The van der Waals surface area contributed by atoms with Crippen molar-refractivity contribution < 1.29 is 9.53 Å². The lowest BCUT2D eigenvalue weighted by atomic mass is 9.74. The molecule has 1 aromatic rings. The van der Waals surface area contributed by atoms with E-state index in [4.69, 9.17) is 10.5 Å². The van der Waals surface area contributed by atoms with Crippen LogP contribution in [-0.2, 0) is 22.5 Å². The molecule has 0 bridgehead atoms. The van der Waals surface area contributed by atoms with Gasteiger partial charge < -0.3 is 15.0 Å². The van der Waals surface area contributed by atoms with Gasteiger partial charge >= 0.3 is 5.97 Å². The summed E-state index contributed by atoms with van der Waals surface area (Å²) in [7, 11) is 1.42. The zero-order valence-corrected chi connectivity index (χ0v) is 11.6. The fourth-order valence-electron chi connectivity index (χ4n) is 2.92. The Labute approximate surface area is 108 Å². The van der Waals surface area contributed by atoms with Gasteiger partial charge in [-0.1, -0.05) is 13.8 Å². The van der Waals surface area contributed by atoms with E-state index >= 15 is 0 Å². The van der Waals surface area contributed by atoms with Crippen LogP contribution in [0.3, 0.4) is 0 Å². The van der Waals surface area contributed by atoms with E-state index in [9.17, 15) is 4.79 Å². The summed E-state index contributed by atoms with van der Waals surface area (Å²) in [4.78, 5) is 11.5. The normalized spacial score (nSPS) is 21.5. The van der Waals surface area contributed by atoms with Gasteiger partial charge in [0.05, 0.1) is 7.11 Å². The Hall–Kier alpha value is -1.29. The molecule has 1 heterocycles. The van der Waals surface area contributed by atoms with E-state index in [-0.39, 0.29) is 24.0 Å². The van der Waals surface area contributed by atoms with Crippen molar-refractivity contribution in [3.63, 3.8) is 0 Å². The van der Waals surface area contributed by atoms with Crippen LogP contribution >= 0.6 is 0 Å². The second kappa shape index (κ2) is 4.43. The fourth-order valence-corrected chi connectivity index (χ4v) is 2.92. The van der Waals surface area contributed by atoms with Crippen LogP contribution < -0.4 is 5.73 Å². The maximum atomic E-state index is 11.5. The van der Waals surface area contributed by atoms with E-state index in [2.05, 4.69) is 19.9 Å². The molecule has 1 atom stereocenters. The Morgan fingerprint density at radius 1 is 1.61 bits per heavy atom. The first kappa shape index (κ1) is 13.1. The highest BCUT2D eigenvalue weighted by molar-refractivity contribution is 5.69. The second-order valence-corrected chi connectivity index (χ2v) is 6.00. The van der Waals surface area contributed by atoms with Gasteiger partial charge in [0, 0.05) is 17.4 Å². The van der Waals surface area contributed by atoms with Crippen LogP contribution in [0.2, 0.25) is 0 Å². The number of esters is 1. The minimum atomic E-state index is -0.214. The lowest BCUT2D eigenvalue weighted by molar-refractivity contribution is -0.141. The predicted molar refractivity (Wildman–Crippen MR) is 70.2 cm³/mol. The number of carbonyl (C=O) groups is 1. The summed E-state index contributed by atoms with van der Waals surface area (Å²) in [5.74, 6) is -0.214. The van der Waals surface area contributed by atoms with Crippen molar-refractivity contribution in [2.45, 2.75) is 46.2 Å². The maximum absolute atomic E-state index is 11.5. The second-order valence-electron chi connectivity index (χ2n) is 6.00. The van der Waals surface area contributed by atoms with Gasteiger partial charge in [0.25, 0.3) is 0 Å². The molecule has 0 fully saturated rings. The molecule has 0 aliphatic heterocycles. The van der Waals surface area contributed by atoms with Crippen molar-refractivity contribution in [2.75, 3.05) is 7.11 Å². The largest absolute Gasteiger partial charge is 0.468 e. The van der Waals surface area contributed by atoms with Crippen LogP contribution in [-0.4, -0.2) is 17.6 Å². The highest BCUT2D eigenvalue weighted by Gasteiger charge is 2.33. The molecule has 1 aromatic heterocycles. The first-order valence-corrected chi connectivity index (χ1v) is 6.35. The van der Waals surface area contributed by atoms with Crippen molar-refractivity contribution >= 4 is 5.97 Å². The molecule has 0 radical (unpaired) electrons. The topological polar surface area (TPSA) is 57.2 Å². The van der Waals surface area contributed by atoms with E-state index in [1.165, 1.54) is 18.4 Å². The van der Waals surface area contributed by atoms with Crippen LogP contribution in [0.25, 0.3) is 0 Å². The van der Waals surface area contributed by atoms with Gasteiger partial charge in [-0.3, -0.25) is 4.79 Å². The van der Waals surface area contributed by atoms with Gasteiger partial charge in [0.15, 0.2) is 0 Å². The molecule has 4 nitrogen and oxygen atoms in total. The summed E-state index contributed by atoms with van der Waals surface area (Å²) in [5.41, 5.74) is 9.89. The van der Waals surface area contributed by atoms with Crippen molar-refractivity contribution in [3.05, 3.63) is 23.0 Å². The van der Waals surface area contributed by atoms with Gasteiger partial charge in [-0.15, -0.1) is 0 Å². The van der Waals surface area contributed by atoms with Crippen LogP contribution in [0, 0.1) is 12.3 Å². The molecular weight excluding hydrogens is 228 g/mol. The van der Waals surface area contributed by atoms with Crippen LogP contribution in [0.5, 0.6) is 0 Å². The molecule has 0 amide bonds. The Bertz CT molecular complexity index is 474. The van der Waals surface area contributed by atoms with Gasteiger partial charge in [-0.25, -0.2) is 0 Å². The van der Waals surface area contributed by atoms with Gasteiger partial charge in [-0.2, -0.15) is 0 Å². The minimum absolute atomic E-state index is 0.0707. The Balaban J connectivity index is 2.41. The molecule has 2 N–H and O–H groups in total. The summed E-state index contributed by atoms with van der Waals surface area (Å²) < 4.78 is 6.80. The number of hydrogen-bond acceptors (Lipinski definition) is 3. The van der Waals surface area contributed by atoms with Crippen molar-refractivity contribution in [1.82, 2.24) is 4.57 Å². The van der Waals surface area contributed by atoms with E-state index in [1.807, 2.05) is 11.5 Å². The zero-order valence-electron chi connectivity index (χ0n) is 11.6. The molecule has 1 aliphatic carbocycles. The van der Waals surface area contributed by atoms with E-state index in [0.29, 0.717) is 0 Å². The number of fused-ring (bicyclic) bond motifs is 1. The number of nitrogens with zero attached hydrogens (tertiary/aromatic N) is 1. The highest BCUT2D eigenvalue weighted by Crippen LogP contribution is 2.40. The molecule has 4 heteroatoms. The Morgan fingerprint density at radius 2 is 2.28 bits per heavy atom. The van der Waals surface area contributed by atoms with Crippen molar-refractivity contribution in [3.8, 4) is 0 Å². The standard InChI is InChI=1S/C14H22N2O2/c1-9-5-10-11(15)6-14(2,3)7-12(10)16(9)8-13(17)18-4/h5,11H,6-8,15H2,1-4H3. The molecule has 2 rings (SSSR count). The average Bonchev–Trinajstić information content (AvgIpc) is 2.55. The zero-order chi connectivity index (χ0) is 13.5. The Kier molecular flexibility index (Phi) is 3.23. The molecule has 0 aromatic carbocycles. The SMILES string of the molecule is COC(=O)Cn1c(C)cc2c1CC(C)(C)CC2N. The monoisotopic (exact) mass is 250 g/mol. The average molecular weight is 250 g/mol. The third-order valence-corrected chi connectivity index (χ3v) is 3.78.